The molecule has 5 nitrogen and oxygen atoms in total. The first-order chi connectivity index (χ1) is 7.11. The van der Waals surface area contributed by atoms with Crippen LogP contribution in [-0.4, -0.2) is 20.4 Å². The van der Waals surface area contributed by atoms with E-state index in [0.717, 1.165) is 22.5 Å². The van der Waals surface area contributed by atoms with Crippen LogP contribution in [0.4, 0.5) is 5.82 Å². The molecule has 0 spiro atoms. The maximum Gasteiger partial charge on any atom is 0.149 e. The van der Waals surface area contributed by atoms with Crippen molar-refractivity contribution in [2.24, 2.45) is 0 Å². The molecule has 80 valence electrons. The van der Waals surface area contributed by atoms with E-state index in [-0.39, 0.29) is 0 Å². The second-order valence-corrected chi connectivity index (χ2v) is 3.96. The van der Waals surface area contributed by atoms with Crippen molar-refractivity contribution in [1.29, 1.82) is 0 Å². The summed E-state index contributed by atoms with van der Waals surface area (Å²) in [4.78, 5) is 0. The van der Waals surface area contributed by atoms with Gasteiger partial charge < -0.3 is 5.73 Å². The molecule has 2 heterocycles. The van der Waals surface area contributed by atoms with Crippen molar-refractivity contribution in [1.82, 2.24) is 20.4 Å². The number of hydrogen-bond acceptors (Lipinski definition) is 3. The molecule has 0 amide bonds. The van der Waals surface area contributed by atoms with Gasteiger partial charge in [0, 0.05) is 16.8 Å². The highest BCUT2D eigenvalue weighted by atomic mass is 15.2. The van der Waals surface area contributed by atoms with Crippen LogP contribution in [0.5, 0.6) is 0 Å². The Bertz CT molecular complexity index is 466. The minimum atomic E-state index is 0.341. The summed E-state index contributed by atoms with van der Waals surface area (Å²) < 4.78 is 0. The zero-order valence-corrected chi connectivity index (χ0v) is 9.13. The predicted octanol–water partition coefficient (Wildman–Crippen LogP) is 1.81. The normalized spacial score (nSPS) is 11.2. The topological polar surface area (TPSA) is 83.4 Å². The Morgan fingerprint density at radius 3 is 2.60 bits per heavy atom. The number of rotatable bonds is 2. The van der Waals surface area contributed by atoms with Crippen molar-refractivity contribution in [2.45, 2.75) is 26.7 Å². The van der Waals surface area contributed by atoms with Crippen molar-refractivity contribution in [2.75, 3.05) is 5.73 Å². The molecule has 15 heavy (non-hydrogen) atoms. The fraction of sp³-hybridized carbons (Fsp3) is 0.400. The quantitative estimate of drug-likeness (QED) is 0.699. The molecule has 0 bridgehead atoms. The zero-order valence-electron chi connectivity index (χ0n) is 9.13. The Hall–Kier alpha value is -1.78. The van der Waals surface area contributed by atoms with Crippen LogP contribution in [0.3, 0.4) is 0 Å². The van der Waals surface area contributed by atoms with Gasteiger partial charge in [0.05, 0.1) is 11.9 Å². The average molecular weight is 205 g/mol. The van der Waals surface area contributed by atoms with Gasteiger partial charge in [-0.15, -0.1) is 0 Å². The fourth-order valence-corrected chi connectivity index (χ4v) is 1.76. The predicted molar refractivity (Wildman–Crippen MR) is 59.4 cm³/mol. The average Bonchev–Trinajstić information content (AvgIpc) is 2.71. The molecule has 0 unspecified atom stereocenters. The van der Waals surface area contributed by atoms with Crippen molar-refractivity contribution >= 4 is 5.82 Å². The van der Waals surface area contributed by atoms with Crippen LogP contribution >= 0.6 is 0 Å². The number of hydrogen-bond donors (Lipinski definition) is 3. The van der Waals surface area contributed by atoms with Crippen molar-refractivity contribution < 1.29 is 0 Å². The van der Waals surface area contributed by atoms with Crippen LogP contribution in [0.15, 0.2) is 6.20 Å². The Morgan fingerprint density at radius 2 is 2.07 bits per heavy atom. The van der Waals surface area contributed by atoms with Gasteiger partial charge in [-0.25, -0.2) is 0 Å². The molecule has 0 saturated heterocycles. The third-order valence-electron chi connectivity index (χ3n) is 2.51. The van der Waals surface area contributed by atoms with Gasteiger partial charge in [0.25, 0.3) is 0 Å². The number of nitrogens with zero attached hydrogens (tertiary/aromatic N) is 2. The lowest BCUT2D eigenvalue weighted by Crippen LogP contribution is -1.95. The third-order valence-corrected chi connectivity index (χ3v) is 2.51. The fourth-order valence-electron chi connectivity index (χ4n) is 1.76. The Kier molecular flexibility index (Phi) is 2.22. The Morgan fingerprint density at radius 1 is 1.33 bits per heavy atom. The van der Waals surface area contributed by atoms with Crippen molar-refractivity contribution in [3.05, 3.63) is 17.5 Å². The standard InChI is InChI=1S/C10H15N5/c1-5(2)8-9(14-15-10(8)11)7-4-12-13-6(7)3/h4-5H,1-3H3,(H,12,13)(H3,11,14,15). The van der Waals surface area contributed by atoms with Crippen LogP contribution in [0.1, 0.15) is 31.0 Å². The van der Waals surface area contributed by atoms with Gasteiger partial charge in [0.1, 0.15) is 5.82 Å². The number of anilines is 1. The summed E-state index contributed by atoms with van der Waals surface area (Å²) in [6, 6.07) is 0. The minimum absolute atomic E-state index is 0.341. The number of nitrogens with one attached hydrogen (secondary N) is 2. The Labute approximate surface area is 88.1 Å². The molecule has 0 saturated carbocycles. The highest BCUT2D eigenvalue weighted by Gasteiger charge is 2.17. The van der Waals surface area contributed by atoms with Gasteiger partial charge in [0.15, 0.2) is 0 Å². The number of aryl methyl sites for hydroxylation is 1. The van der Waals surface area contributed by atoms with E-state index in [2.05, 4.69) is 34.2 Å². The molecule has 0 aliphatic rings. The number of aromatic nitrogens is 4. The summed E-state index contributed by atoms with van der Waals surface area (Å²) in [6.45, 7) is 6.17. The summed E-state index contributed by atoms with van der Waals surface area (Å²) in [6.07, 6.45) is 1.79. The maximum atomic E-state index is 5.83. The first-order valence-electron chi connectivity index (χ1n) is 4.95. The highest BCUT2D eigenvalue weighted by Crippen LogP contribution is 2.31. The summed E-state index contributed by atoms with van der Waals surface area (Å²) in [7, 11) is 0. The molecule has 2 aromatic heterocycles. The molecule has 0 radical (unpaired) electrons. The van der Waals surface area contributed by atoms with E-state index in [1.807, 2.05) is 6.92 Å². The third kappa shape index (κ3) is 1.49. The lowest BCUT2D eigenvalue weighted by atomic mass is 9.99. The smallest absolute Gasteiger partial charge is 0.149 e. The summed E-state index contributed by atoms with van der Waals surface area (Å²) >= 11 is 0. The zero-order chi connectivity index (χ0) is 11.0. The molecule has 5 heteroatoms. The van der Waals surface area contributed by atoms with Gasteiger partial charge >= 0.3 is 0 Å². The largest absolute Gasteiger partial charge is 0.382 e. The van der Waals surface area contributed by atoms with Crippen LogP contribution in [-0.2, 0) is 0 Å². The molecule has 0 fully saturated rings. The molecule has 0 aliphatic carbocycles. The van der Waals surface area contributed by atoms with Gasteiger partial charge in [-0.3, -0.25) is 10.2 Å². The van der Waals surface area contributed by atoms with E-state index in [4.69, 9.17) is 5.73 Å². The van der Waals surface area contributed by atoms with Gasteiger partial charge in [-0.2, -0.15) is 10.2 Å². The van der Waals surface area contributed by atoms with E-state index >= 15 is 0 Å². The number of H-pyrrole nitrogens is 2. The minimum Gasteiger partial charge on any atom is -0.382 e. The SMILES string of the molecule is Cc1[nH]ncc1-c1[nH]nc(N)c1C(C)C. The second kappa shape index (κ2) is 3.42. The van der Waals surface area contributed by atoms with Crippen LogP contribution in [0.25, 0.3) is 11.3 Å². The van der Waals surface area contributed by atoms with E-state index in [0.29, 0.717) is 11.7 Å². The monoisotopic (exact) mass is 205 g/mol. The van der Waals surface area contributed by atoms with E-state index in [1.165, 1.54) is 0 Å². The van der Waals surface area contributed by atoms with Crippen molar-refractivity contribution in [3.8, 4) is 11.3 Å². The van der Waals surface area contributed by atoms with E-state index in [9.17, 15) is 0 Å². The summed E-state index contributed by atoms with van der Waals surface area (Å²) in [5, 5.41) is 13.9. The second-order valence-electron chi connectivity index (χ2n) is 3.96. The van der Waals surface area contributed by atoms with Crippen molar-refractivity contribution in [3.63, 3.8) is 0 Å². The van der Waals surface area contributed by atoms with Gasteiger partial charge in [0.2, 0.25) is 0 Å². The van der Waals surface area contributed by atoms with Crippen LogP contribution in [0.2, 0.25) is 0 Å². The number of nitrogen functional groups attached to an aromatic ring is 1. The molecule has 2 aromatic rings. The first-order valence-corrected chi connectivity index (χ1v) is 4.95. The summed E-state index contributed by atoms with van der Waals surface area (Å²) in [5.74, 6) is 0.911. The van der Waals surface area contributed by atoms with Gasteiger partial charge in [-0.05, 0) is 12.8 Å². The molecule has 2 rings (SSSR count). The molecule has 0 aliphatic heterocycles. The lowest BCUT2D eigenvalue weighted by Gasteiger charge is -2.06. The van der Waals surface area contributed by atoms with Crippen LogP contribution < -0.4 is 5.73 Å². The van der Waals surface area contributed by atoms with Gasteiger partial charge in [-0.1, -0.05) is 13.8 Å². The van der Waals surface area contributed by atoms with E-state index in [1.54, 1.807) is 6.20 Å². The molecule has 4 N–H and O–H groups in total. The van der Waals surface area contributed by atoms with E-state index < -0.39 is 0 Å². The molecular weight excluding hydrogens is 190 g/mol. The Balaban J connectivity index is 2.59. The number of aromatic amines is 2. The molecule has 0 aromatic carbocycles. The molecular formula is C10H15N5. The summed E-state index contributed by atoms with van der Waals surface area (Å²) in [5.41, 5.74) is 9.89. The first kappa shape index (κ1) is 9.76. The van der Waals surface area contributed by atoms with Crippen LogP contribution in [0, 0.1) is 6.92 Å². The lowest BCUT2D eigenvalue weighted by molar-refractivity contribution is 0.873. The highest BCUT2D eigenvalue weighted by molar-refractivity contribution is 5.69. The number of nitrogens with two attached hydrogens (primary N) is 1. The maximum absolute atomic E-state index is 5.83. The molecule has 0 atom stereocenters.